The van der Waals surface area contributed by atoms with Crippen molar-refractivity contribution in [2.24, 2.45) is 5.92 Å². The number of amides is 1. The molecule has 1 amide bonds. The van der Waals surface area contributed by atoms with Crippen molar-refractivity contribution < 1.29 is 13.9 Å². The number of ether oxygens (including phenoxy) is 1. The quantitative estimate of drug-likeness (QED) is 0.829. The number of hydrogen-bond donors (Lipinski definition) is 0. The number of carbonyl (C=O) groups is 1. The Balaban J connectivity index is 1.80. The topological polar surface area (TPSA) is 29.5 Å². The Labute approximate surface area is 119 Å². The Kier molecular flexibility index (Phi) is 5.53. The van der Waals surface area contributed by atoms with Gasteiger partial charge in [-0.05, 0) is 49.3 Å². The average molecular weight is 279 g/mol. The van der Waals surface area contributed by atoms with E-state index in [1.807, 2.05) is 17.0 Å². The lowest BCUT2D eigenvalue weighted by atomic mass is 9.91. The molecule has 0 radical (unpaired) electrons. The van der Waals surface area contributed by atoms with E-state index in [0.29, 0.717) is 5.92 Å². The molecule has 4 heteroatoms. The fraction of sp³-hybridized carbons (Fsp3) is 0.562. The standard InChI is InChI=1S/C16H22FNO2/c1-20-12-16(19)18-10-2-3-14(11-18)5-4-13-6-8-15(17)9-7-13/h6-9,14H,2-5,10-12H2,1H3. The van der Waals surface area contributed by atoms with Gasteiger partial charge >= 0.3 is 0 Å². The Morgan fingerprint density at radius 2 is 2.15 bits per heavy atom. The zero-order valence-corrected chi connectivity index (χ0v) is 12.0. The first kappa shape index (κ1) is 15.0. The lowest BCUT2D eigenvalue weighted by Crippen LogP contribution is -2.41. The van der Waals surface area contributed by atoms with E-state index < -0.39 is 0 Å². The van der Waals surface area contributed by atoms with Gasteiger partial charge in [-0.2, -0.15) is 0 Å². The van der Waals surface area contributed by atoms with Crippen molar-refractivity contribution in [1.82, 2.24) is 4.90 Å². The lowest BCUT2D eigenvalue weighted by Gasteiger charge is -2.32. The third-order valence-corrected chi connectivity index (χ3v) is 3.89. The molecule has 1 aromatic rings. The number of carbonyl (C=O) groups excluding carboxylic acids is 1. The van der Waals surface area contributed by atoms with Crippen LogP contribution in [0.1, 0.15) is 24.8 Å². The van der Waals surface area contributed by atoms with Gasteiger partial charge in [-0.1, -0.05) is 12.1 Å². The highest BCUT2D eigenvalue weighted by atomic mass is 19.1. The van der Waals surface area contributed by atoms with Crippen LogP contribution in [0.4, 0.5) is 4.39 Å². The van der Waals surface area contributed by atoms with E-state index in [4.69, 9.17) is 4.74 Å². The predicted molar refractivity (Wildman–Crippen MR) is 75.9 cm³/mol. The Bertz CT molecular complexity index is 433. The Morgan fingerprint density at radius 1 is 1.40 bits per heavy atom. The highest BCUT2D eigenvalue weighted by Crippen LogP contribution is 2.21. The molecule has 0 aromatic heterocycles. The molecular formula is C16H22FNO2. The Morgan fingerprint density at radius 3 is 2.85 bits per heavy atom. The number of likely N-dealkylation sites (tertiary alicyclic amines) is 1. The normalized spacial score (nSPS) is 19.1. The minimum Gasteiger partial charge on any atom is -0.375 e. The van der Waals surface area contributed by atoms with Crippen LogP contribution in [0.3, 0.4) is 0 Å². The minimum absolute atomic E-state index is 0.0824. The molecule has 1 aromatic carbocycles. The van der Waals surface area contributed by atoms with Gasteiger partial charge in [0.2, 0.25) is 5.91 Å². The summed E-state index contributed by atoms with van der Waals surface area (Å²) in [4.78, 5) is 13.7. The van der Waals surface area contributed by atoms with E-state index in [9.17, 15) is 9.18 Å². The molecule has 1 aliphatic rings. The minimum atomic E-state index is -0.192. The molecule has 0 bridgehead atoms. The van der Waals surface area contributed by atoms with Crippen LogP contribution in [0.25, 0.3) is 0 Å². The van der Waals surface area contributed by atoms with E-state index in [1.165, 1.54) is 12.1 Å². The van der Waals surface area contributed by atoms with Crippen molar-refractivity contribution in [3.05, 3.63) is 35.6 Å². The number of hydrogen-bond acceptors (Lipinski definition) is 2. The molecule has 0 aliphatic carbocycles. The maximum absolute atomic E-state index is 12.8. The van der Waals surface area contributed by atoms with Crippen molar-refractivity contribution in [1.29, 1.82) is 0 Å². The fourth-order valence-electron chi connectivity index (χ4n) is 2.76. The number of nitrogens with zero attached hydrogens (tertiary/aromatic N) is 1. The molecule has 0 N–H and O–H groups in total. The van der Waals surface area contributed by atoms with Gasteiger partial charge < -0.3 is 9.64 Å². The number of halogens is 1. The number of methoxy groups -OCH3 is 1. The number of rotatable bonds is 5. The first-order valence-electron chi connectivity index (χ1n) is 7.20. The molecule has 1 atom stereocenters. The SMILES string of the molecule is COCC(=O)N1CCCC(CCc2ccc(F)cc2)C1. The number of aryl methyl sites for hydroxylation is 1. The average Bonchev–Trinajstić information content (AvgIpc) is 2.47. The van der Waals surface area contributed by atoms with Crippen molar-refractivity contribution in [2.75, 3.05) is 26.8 Å². The van der Waals surface area contributed by atoms with Crippen LogP contribution in [-0.2, 0) is 16.0 Å². The van der Waals surface area contributed by atoms with Crippen LogP contribution in [0.5, 0.6) is 0 Å². The molecule has 3 nitrogen and oxygen atoms in total. The Hall–Kier alpha value is -1.42. The summed E-state index contributed by atoms with van der Waals surface area (Å²) in [5.74, 6) is 0.427. The van der Waals surface area contributed by atoms with Gasteiger partial charge in [-0.15, -0.1) is 0 Å². The van der Waals surface area contributed by atoms with Crippen LogP contribution in [0, 0.1) is 11.7 Å². The highest BCUT2D eigenvalue weighted by molar-refractivity contribution is 5.77. The zero-order valence-electron chi connectivity index (χ0n) is 12.0. The zero-order chi connectivity index (χ0) is 14.4. The summed E-state index contributed by atoms with van der Waals surface area (Å²) < 4.78 is 17.7. The summed E-state index contributed by atoms with van der Waals surface area (Å²) in [5, 5.41) is 0. The smallest absolute Gasteiger partial charge is 0.248 e. The third-order valence-electron chi connectivity index (χ3n) is 3.89. The largest absolute Gasteiger partial charge is 0.375 e. The van der Waals surface area contributed by atoms with Gasteiger partial charge in [-0.3, -0.25) is 4.79 Å². The first-order valence-corrected chi connectivity index (χ1v) is 7.20. The van der Waals surface area contributed by atoms with Crippen LogP contribution in [-0.4, -0.2) is 37.6 Å². The van der Waals surface area contributed by atoms with Crippen LogP contribution >= 0.6 is 0 Å². The van der Waals surface area contributed by atoms with Gasteiger partial charge in [0.25, 0.3) is 0 Å². The molecule has 110 valence electrons. The van der Waals surface area contributed by atoms with E-state index in [-0.39, 0.29) is 18.3 Å². The molecular weight excluding hydrogens is 257 g/mol. The summed E-state index contributed by atoms with van der Waals surface area (Å²) in [7, 11) is 1.55. The first-order chi connectivity index (χ1) is 9.69. The van der Waals surface area contributed by atoms with Gasteiger partial charge in [0, 0.05) is 20.2 Å². The molecule has 1 aliphatic heterocycles. The highest BCUT2D eigenvalue weighted by Gasteiger charge is 2.23. The third kappa shape index (κ3) is 4.30. The van der Waals surface area contributed by atoms with E-state index in [0.717, 1.165) is 44.3 Å². The second kappa shape index (κ2) is 7.39. The number of benzene rings is 1. The second-order valence-corrected chi connectivity index (χ2v) is 5.45. The molecule has 1 heterocycles. The summed E-state index contributed by atoms with van der Waals surface area (Å²) in [6.07, 6.45) is 4.21. The van der Waals surface area contributed by atoms with Gasteiger partial charge in [0.1, 0.15) is 12.4 Å². The molecule has 1 saturated heterocycles. The second-order valence-electron chi connectivity index (χ2n) is 5.45. The van der Waals surface area contributed by atoms with Gasteiger partial charge in [-0.25, -0.2) is 4.39 Å². The van der Waals surface area contributed by atoms with Gasteiger partial charge in [0.15, 0.2) is 0 Å². The van der Waals surface area contributed by atoms with Crippen LogP contribution in [0.2, 0.25) is 0 Å². The molecule has 2 rings (SSSR count). The van der Waals surface area contributed by atoms with Crippen molar-refractivity contribution in [2.45, 2.75) is 25.7 Å². The summed E-state index contributed by atoms with van der Waals surface area (Å²) >= 11 is 0. The van der Waals surface area contributed by atoms with Crippen molar-refractivity contribution >= 4 is 5.91 Å². The number of piperidine rings is 1. The van der Waals surface area contributed by atoms with Crippen LogP contribution in [0.15, 0.2) is 24.3 Å². The molecule has 1 fully saturated rings. The summed E-state index contributed by atoms with van der Waals surface area (Å²) in [6, 6.07) is 6.69. The molecule has 20 heavy (non-hydrogen) atoms. The molecule has 0 saturated carbocycles. The predicted octanol–water partition coefficient (Wildman–Crippen LogP) is 2.64. The fourth-order valence-corrected chi connectivity index (χ4v) is 2.76. The van der Waals surface area contributed by atoms with E-state index in [2.05, 4.69) is 0 Å². The summed E-state index contributed by atoms with van der Waals surface area (Å²) in [6.45, 7) is 1.84. The lowest BCUT2D eigenvalue weighted by molar-refractivity contribution is -0.137. The molecule has 1 unspecified atom stereocenters. The van der Waals surface area contributed by atoms with Crippen molar-refractivity contribution in [3.63, 3.8) is 0 Å². The van der Waals surface area contributed by atoms with E-state index >= 15 is 0 Å². The van der Waals surface area contributed by atoms with Gasteiger partial charge in [0.05, 0.1) is 0 Å². The van der Waals surface area contributed by atoms with E-state index in [1.54, 1.807) is 7.11 Å². The monoisotopic (exact) mass is 279 g/mol. The van der Waals surface area contributed by atoms with Crippen molar-refractivity contribution in [3.8, 4) is 0 Å². The summed E-state index contributed by atoms with van der Waals surface area (Å²) in [5.41, 5.74) is 1.16. The molecule has 0 spiro atoms. The van der Waals surface area contributed by atoms with Crippen LogP contribution < -0.4 is 0 Å². The maximum atomic E-state index is 12.8. The maximum Gasteiger partial charge on any atom is 0.248 e.